The molecule has 1 aromatic rings. The summed E-state index contributed by atoms with van der Waals surface area (Å²) in [7, 11) is -3.38. The van der Waals surface area contributed by atoms with E-state index in [0.717, 1.165) is 23.7 Å². The molecule has 1 heterocycles. The van der Waals surface area contributed by atoms with Gasteiger partial charge in [-0.2, -0.15) is 0 Å². The lowest BCUT2D eigenvalue weighted by Crippen LogP contribution is -2.28. The Balaban J connectivity index is 2.19. The van der Waals surface area contributed by atoms with Gasteiger partial charge in [0, 0.05) is 11.1 Å². The second kappa shape index (κ2) is 5.59. The highest BCUT2D eigenvalue weighted by Crippen LogP contribution is 2.25. The summed E-state index contributed by atoms with van der Waals surface area (Å²) in [5.41, 5.74) is 6.04. The molecule has 0 spiro atoms. The molecule has 2 rings (SSSR count). The van der Waals surface area contributed by atoms with Crippen molar-refractivity contribution in [1.29, 1.82) is 0 Å². The van der Waals surface area contributed by atoms with E-state index < -0.39 is 9.84 Å². The minimum Gasteiger partial charge on any atom is -0.398 e. The van der Waals surface area contributed by atoms with Crippen molar-refractivity contribution in [3.05, 3.63) is 22.7 Å². The van der Waals surface area contributed by atoms with E-state index in [1.807, 2.05) is 0 Å². The van der Waals surface area contributed by atoms with Gasteiger partial charge in [-0.15, -0.1) is 0 Å². The summed E-state index contributed by atoms with van der Waals surface area (Å²) in [4.78, 5) is 0.194. The summed E-state index contributed by atoms with van der Waals surface area (Å²) < 4.78 is 30.8. The molecule has 0 amide bonds. The Kier molecular flexibility index (Phi) is 4.29. The summed E-state index contributed by atoms with van der Waals surface area (Å²) in [5.74, 6) is 0.0127. The number of nitrogens with two attached hydrogens (primary N) is 1. The Labute approximate surface area is 116 Å². The summed E-state index contributed by atoms with van der Waals surface area (Å²) in [6.07, 6.45) is 2.63. The van der Waals surface area contributed by atoms with Crippen LogP contribution in [-0.2, 0) is 14.6 Å². The molecule has 1 aromatic carbocycles. The molecule has 1 unspecified atom stereocenters. The van der Waals surface area contributed by atoms with Crippen molar-refractivity contribution in [3.63, 3.8) is 0 Å². The maximum atomic E-state index is 12.3. The predicted molar refractivity (Wildman–Crippen MR) is 74.2 cm³/mol. The van der Waals surface area contributed by atoms with Crippen molar-refractivity contribution in [1.82, 2.24) is 0 Å². The van der Waals surface area contributed by atoms with E-state index in [9.17, 15) is 8.42 Å². The summed E-state index contributed by atoms with van der Waals surface area (Å²) in [6.45, 7) is 0.649. The van der Waals surface area contributed by atoms with E-state index in [1.165, 1.54) is 6.07 Å². The van der Waals surface area contributed by atoms with Crippen molar-refractivity contribution in [2.24, 2.45) is 0 Å². The standard InChI is InChI=1S/C12H16BrNO3S/c13-9-4-5-12(11(14)7-9)18(15,16)8-10-3-1-2-6-17-10/h4-5,7,10H,1-3,6,8,14H2. The lowest BCUT2D eigenvalue weighted by atomic mass is 10.1. The van der Waals surface area contributed by atoms with Crippen LogP contribution in [0.4, 0.5) is 5.69 Å². The quantitative estimate of drug-likeness (QED) is 0.862. The third-order valence-electron chi connectivity index (χ3n) is 2.99. The minimum absolute atomic E-state index is 0.0127. The third-order valence-corrected chi connectivity index (χ3v) is 5.33. The number of rotatable bonds is 3. The van der Waals surface area contributed by atoms with Gasteiger partial charge in [-0.3, -0.25) is 0 Å². The SMILES string of the molecule is Nc1cc(Br)ccc1S(=O)(=O)CC1CCCCO1. The molecule has 0 aliphatic carbocycles. The average Bonchev–Trinajstić information content (AvgIpc) is 2.29. The molecule has 18 heavy (non-hydrogen) atoms. The average molecular weight is 334 g/mol. The van der Waals surface area contributed by atoms with Crippen molar-refractivity contribution in [2.45, 2.75) is 30.3 Å². The molecule has 0 aromatic heterocycles. The molecule has 6 heteroatoms. The molecule has 1 aliphatic heterocycles. The molecule has 1 fully saturated rings. The van der Waals surface area contributed by atoms with E-state index in [-0.39, 0.29) is 22.4 Å². The van der Waals surface area contributed by atoms with Gasteiger partial charge < -0.3 is 10.5 Å². The molecule has 4 nitrogen and oxygen atoms in total. The van der Waals surface area contributed by atoms with Crippen LogP contribution < -0.4 is 5.73 Å². The number of nitrogen functional groups attached to an aromatic ring is 1. The van der Waals surface area contributed by atoms with Crippen LogP contribution in [0.3, 0.4) is 0 Å². The molecule has 100 valence electrons. The third kappa shape index (κ3) is 3.24. The summed E-state index contributed by atoms with van der Waals surface area (Å²) >= 11 is 3.26. The van der Waals surface area contributed by atoms with E-state index in [4.69, 9.17) is 10.5 Å². The Morgan fingerprint density at radius 3 is 2.78 bits per heavy atom. The molecule has 0 saturated carbocycles. The van der Waals surface area contributed by atoms with Crippen LogP contribution in [0.15, 0.2) is 27.6 Å². The first-order valence-electron chi connectivity index (χ1n) is 5.88. The lowest BCUT2D eigenvalue weighted by molar-refractivity contribution is 0.0305. The maximum absolute atomic E-state index is 12.3. The van der Waals surface area contributed by atoms with E-state index >= 15 is 0 Å². The van der Waals surface area contributed by atoms with Gasteiger partial charge >= 0.3 is 0 Å². The summed E-state index contributed by atoms with van der Waals surface area (Å²) in [5, 5.41) is 0. The first kappa shape index (κ1) is 13.8. The van der Waals surface area contributed by atoms with Crippen molar-refractivity contribution in [2.75, 3.05) is 18.1 Å². The predicted octanol–water partition coefficient (Wildman–Crippen LogP) is 2.37. The van der Waals surface area contributed by atoms with Gasteiger partial charge in [0.1, 0.15) is 0 Å². The van der Waals surface area contributed by atoms with Crippen molar-refractivity contribution < 1.29 is 13.2 Å². The molecule has 1 aliphatic rings. The Morgan fingerprint density at radius 2 is 2.17 bits per heavy atom. The van der Waals surface area contributed by atoms with Crippen LogP contribution in [-0.4, -0.2) is 26.9 Å². The molecular formula is C12H16BrNO3S. The number of hydrogen-bond acceptors (Lipinski definition) is 4. The molecule has 1 saturated heterocycles. The van der Waals surface area contributed by atoms with Gasteiger partial charge in [0.2, 0.25) is 0 Å². The molecule has 1 atom stereocenters. The number of hydrogen-bond donors (Lipinski definition) is 1. The van der Waals surface area contributed by atoms with Gasteiger partial charge in [0.15, 0.2) is 9.84 Å². The number of anilines is 1. The van der Waals surface area contributed by atoms with Crippen LogP contribution in [0.2, 0.25) is 0 Å². The number of halogens is 1. The second-order valence-corrected chi connectivity index (χ2v) is 7.37. The molecule has 0 radical (unpaired) electrons. The van der Waals surface area contributed by atoms with Gasteiger partial charge in [0.25, 0.3) is 0 Å². The van der Waals surface area contributed by atoms with Crippen molar-refractivity contribution in [3.8, 4) is 0 Å². The van der Waals surface area contributed by atoms with Gasteiger partial charge in [-0.25, -0.2) is 8.42 Å². The normalized spacial score (nSPS) is 20.8. The number of ether oxygens (including phenoxy) is 1. The summed E-state index contributed by atoms with van der Waals surface area (Å²) in [6, 6.07) is 4.83. The molecule has 0 bridgehead atoms. The van der Waals surface area contributed by atoms with Gasteiger partial charge in [-0.1, -0.05) is 15.9 Å². The second-order valence-electron chi connectivity index (χ2n) is 4.45. The van der Waals surface area contributed by atoms with Gasteiger partial charge in [-0.05, 0) is 37.5 Å². The largest absolute Gasteiger partial charge is 0.398 e. The zero-order chi connectivity index (χ0) is 13.2. The Bertz CT molecular complexity index is 524. The monoisotopic (exact) mass is 333 g/mol. The zero-order valence-corrected chi connectivity index (χ0v) is 12.3. The first-order chi connectivity index (χ1) is 8.49. The van der Waals surface area contributed by atoms with Crippen molar-refractivity contribution >= 4 is 31.5 Å². The first-order valence-corrected chi connectivity index (χ1v) is 8.33. The molecular weight excluding hydrogens is 318 g/mol. The van der Waals surface area contributed by atoms with Crippen LogP contribution in [0.25, 0.3) is 0 Å². The lowest BCUT2D eigenvalue weighted by Gasteiger charge is -2.22. The van der Waals surface area contributed by atoms with Crippen LogP contribution in [0.5, 0.6) is 0 Å². The maximum Gasteiger partial charge on any atom is 0.182 e. The smallest absolute Gasteiger partial charge is 0.182 e. The topological polar surface area (TPSA) is 69.4 Å². The van der Waals surface area contributed by atoms with E-state index in [2.05, 4.69) is 15.9 Å². The zero-order valence-electron chi connectivity index (χ0n) is 9.93. The number of sulfone groups is 1. The van der Waals surface area contributed by atoms with Crippen LogP contribution in [0.1, 0.15) is 19.3 Å². The van der Waals surface area contributed by atoms with Crippen LogP contribution in [0, 0.1) is 0 Å². The minimum atomic E-state index is -3.38. The Morgan fingerprint density at radius 1 is 1.39 bits per heavy atom. The van der Waals surface area contributed by atoms with Gasteiger partial charge in [0.05, 0.1) is 22.4 Å². The van der Waals surface area contributed by atoms with E-state index in [1.54, 1.807) is 12.1 Å². The fraction of sp³-hybridized carbons (Fsp3) is 0.500. The fourth-order valence-corrected chi connectivity index (χ4v) is 4.08. The van der Waals surface area contributed by atoms with Crippen LogP contribution >= 0.6 is 15.9 Å². The number of benzene rings is 1. The Hall–Kier alpha value is -0.590. The highest BCUT2D eigenvalue weighted by Gasteiger charge is 2.25. The molecule has 2 N–H and O–H groups in total. The fourth-order valence-electron chi connectivity index (χ4n) is 2.08. The highest BCUT2D eigenvalue weighted by atomic mass is 79.9. The highest BCUT2D eigenvalue weighted by molar-refractivity contribution is 9.10. The van der Waals surface area contributed by atoms with E-state index in [0.29, 0.717) is 6.61 Å².